The number of phenolic OH excluding ortho intramolecular Hbond substituents is 4. The standard InChI is InChI=1S/C77H100O35/c1-12-18-73(95)71(110-39-16-14-34(79)25(3)102-39)61(91)64(108-41-22-35(80)53(83)27(5)104-41)33-21-31-20-32-45(55(85)44(31)69(93)76(33,73)97)56(86)49(67(101-11)63(32)99-9)48-57(87)46-47(60(90)66(48)100-10)58(88)50-51(59(46)89)70(94)77(98)52-65(50)112-74(77,19-13-2)72(62(92)68(52)109-42-23-36(81)54(84)28(6)105-42)111-40-17-15-37(26(4)103-40)107-43-24-38(82)75(96,29(7)78)30(8)106-43/h20,25-28,30,33-43,52-54,61-62,64-65,68,71-72,79-86,88-89,91-92,95-98H,12-19,21-24H2,1-11H3. The summed E-state index contributed by atoms with van der Waals surface area (Å²) in [5.41, 5.74) is -20.3. The van der Waals surface area contributed by atoms with Gasteiger partial charge in [0.15, 0.2) is 71.3 Å². The number of carbonyl (C=O) groups is 5. The number of aromatic hydroxyl groups is 4. The van der Waals surface area contributed by atoms with E-state index in [4.69, 9.17) is 66.3 Å². The maximum atomic E-state index is 16.3. The van der Waals surface area contributed by atoms with Gasteiger partial charge in [-0.25, -0.2) is 0 Å². The molecule has 2 saturated carbocycles. The van der Waals surface area contributed by atoms with Crippen molar-refractivity contribution in [3.8, 4) is 34.5 Å². The lowest BCUT2D eigenvalue weighted by atomic mass is 9.53. The van der Waals surface area contributed by atoms with Gasteiger partial charge in [0.1, 0.15) is 70.8 Å². The highest BCUT2D eigenvalue weighted by molar-refractivity contribution is 6.43. The number of benzene rings is 3. The summed E-state index contributed by atoms with van der Waals surface area (Å²) in [7, 11) is 3.08. The zero-order valence-corrected chi connectivity index (χ0v) is 63.5. The molecule has 0 radical (unpaired) electrons. The molecule has 16 N–H and O–H groups in total. The number of aliphatic hydroxyl groups excluding tert-OH is 8. The minimum atomic E-state index is -3.16. The van der Waals surface area contributed by atoms with E-state index in [9.17, 15) is 86.5 Å². The smallest absolute Gasteiger partial charge is 0.232 e. The molecular formula is C77H100O35. The number of ketones is 5. The lowest BCUT2D eigenvalue weighted by Crippen LogP contribution is -2.80. The fourth-order valence-corrected chi connectivity index (χ4v) is 19.9. The van der Waals surface area contributed by atoms with Crippen LogP contribution in [0.3, 0.4) is 0 Å². The molecular weight excluding hydrogens is 1480 g/mol. The number of allylic oxidation sites excluding steroid dienone is 2. The summed E-state index contributed by atoms with van der Waals surface area (Å²) >= 11 is 0. The first-order valence-electron chi connectivity index (χ1n) is 38.1. The average molecular weight is 1590 g/mol. The van der Waals surface area contributed by atoms with Gasteiger partial charge in [-0.1, -0.05) is 26.7 Å². The molecule has 4 bridgehead atoms. The number of phenols is 4. The molecule has 618 valence electrons. The van der Waals surface area contributed by atoms with Crippen molar-refractivity contribution < 1.29 is 172 Å². The molecule has 6 heterocycles. The van der Waals surface area contributed by atoms with Crippen molar-refractivity contribution in [2.45, 2.75) is 308 Å². The molecule has 3 aromatic rings. The fraction of sp³-hybridized carbons (Fsp3) is 0.701. The summed E-state index contributed by atoms with van der Waals surface area (Å²) in [6.07, 6.45) is -36.5. The second kappa shape index (κ2) is 29.7. The number of hydrogen-bond donors (Lipinski definition) is 16. The van der Waals surface area contributed by atoms with Crippen molar-refractivity contribution in [3.63, 3.8) is 0 Å². The van der Waals surface area contributed by atoms with Crippen molar-refractivity contribution >= 4 is 45.3 Å². The average Bonchev–Trinajstić information content (AvgIpc) is 1.46. The van der Waals surface area contributed by atoms with Crippen molar-refractivity contribution in [1.29, 1.82) is 0 Å². The van der Waals surface area contributed by atoms with Gasteiger partial charge < -0.3 is 148 Å². The van der Waals surface area contributed by atoms with Gasteiger partial charge in [-0.05, 0) is 85.3 Å². The van der Waals surface area contributed by atoms with Crippen LogP contribution in [0.25, 0.3) is 16.3 Å². The second-order valence-corrected chi connectivity index (χ2v) is 31.9. The van der Waals surface area contributed by atoms with Crippen LogP contribution in [-0.2, 0) is 68.1 Å². The third-order valence-corrected chi connectivity index (χ3v) is 25.6. The number of hydrogen-bond acceptors (Lipinski definition) is 35. The zero-order valence-electron chi connectivity index (χ0n) is 63.5. The van der Waals surface area contributed by atoms with Gasteiger partial charge in [-0.15, -0.1) is 0 Å². The summed E-state index contributed by atoms with van der Waals surface area (Å²) < 4.78 is 87.0. The van der Waals surface area contributed by atoms with E-state index in [1.54, 1.807) is 27.7 Å². The number of ether oxygens (including phenoxy) is 14. The minimum absolute atomic E-state index is 0.000626. The van der Waals surface area contributed by atoms with Crippen LogP contribution >= 0.6 is 0 Å². The number of rotatable bonds is 19. The van der Waals surface area contributed by atoms with Gasteiger partial charge in [0, 0.05) is 49.0 Å². The van der Waals surface area contributed by atoms with Gasteiger partial charge in [0.2, 0.25) is 23.1 Å². The molecule has 112 heavy (non-hydrogen) atoms. The van der Waals surface area contributed by atoms with E-state index >= 15 is 19.2 Å². The first kappa shape index (κ1) is 82.2. The van der Waals surface area contributed by atoms with E-state index in [0.29, 0.717) is 0 Å². The molecule has 6 saturated heterocycles. The lowest BCUT2D eigenvalue weighted by molar-refractivity contribution is -0.355. The Morgan fingerprint density at radius 2 is 1.07 bits per heavy atom. The zero-order chi connectivity index (χ0) is 81.3. The largest absolute Gasteiger partial charge is 0.507 e. The molecule has 31 unspecified atom stereocenters. The molecule has 35 nitrogen and oxygen atoms in total. The molecule has 0 aromatic heterocycles. The Morgan fingerprint density at radius 3 is 1.63 bits per heavy atom. The highest BCUT2D eigenvalue weighted by Crippen LogP contribution is 2.69. The topological polar surface area (TPSA) is 538 Å². The third-order valence-electron chi connectivity index (χ3n) is 25.6. The van der Waals surface area contributed by atoms with E-state index in [2.05, 4.69) is 0 Å². The van der Waals surface area contributed by atoms with Gasteiger partial charge in [0.05, 0.1) is 145 Å². The Balaban J connectivity index is 0.864. The van der Waals surface area contributed by atoms with E-state index in [0.717, 1.165) is 28.3 Å². The van der Waals surface area contributed by atoms with Gasteiger partial charge >= 0.3 is 0 Å². The van der Waals surface area contributed by atoms with Crippen LogP contribution in [0.2, 0.25) is 0 Å². The van der Waals surface area contributed by atoms with Crippen LogP contribution in [0.1, 0.15) is 190 Å². The molecule has 0 spiro atoms. The molecule has 8 fully saturated rings. The fourth-order valence-electron chi connectivity index (χ4n) is 19.9. The number of Topliss-reactive ketones (excluding diaryl/α,β-unsaturated/α-hetero) is 5. The van der Waals surface area contributed by atoms with E-state index in [1.807, 2.05) is 0 Å². The van der Waals surface area contributed by atoms with Crippen molar-refractivity contribution in [3.05, 3.63) is 50.8 Å². The molecule has 35 heteroatoms. The van der Waals surface area contributed by atoms with Crippen molar-refractivity contribution in [2.24, 2.45) is 11.8 Å². The molecule has 0 amide bonds. The summed E-state index contributed by atoms with van der Waals surface area (Å²) in [4.78, 5) is 76.6. The second-order valence-electron chi connectivity index (χ2n) is 31.9. The quantitative estimate of drug-likeness (QED) is 0.0727. The Bertz CT molecular complexity index is 4240. The molecule has 11 aliphatic rings. The number of methoxy groups -OCH3 is 3. The normalized spacial score (nSPS) is 43.2. The molecule has 5 aliphatic carbocycles. The van der Waals surface area contributed by atoms with Gasteiger partial charge in [0.25, 0.3) is 0 Å². The number of fused-ring (bicyclic) bond motifs is 6. The number of carbonyl (C=O) groups excluding carboxylic acids is 5. The van der Waals surface area contributed by atoms with Crippen LogP contribution in [0, 0.1) is 11.8 Å². The summed E-state index contributed by atoms with van der Waals surface area (Å²) in [5.74, 6) is -17.0. The Labute approximate surface area is 641 Å². The van der Waals surface area contributed by atoms with Crippen LogP contribution in [0.15, 0.2) is 11.8 Å². The Kier molecular flexibility index (Phi) is 21.8. The highest BCUT2D eigenvalue weighted by atomic mass is 16.7. The van der Waals surface area contributed by atoms with Crippen LogP contribution < -0.4 is 9.47 Å². The van der Waals surface area contributed by atoms with Gasteiger partial charge in [-0.2, -0.15) is 0 Å². The maximum absolute atomic E-state index is 16.3. The summed E-state index contributed by atoms with van der Waals surface area (Å²) in [5, 5.41) is 194. The van der Waals surface area contributed by atoms with Gasteiger partial charge in [-0.3, -0.25) is 24.0 Å². The summed E-state index contributed by atoms with van der Waals surface area (Å²) in [6.45, 7) is 11.8. The van der Waals surface area contributed by atoms with Crippen molar-refractivity contribution in [2.75, 3.05) is 21.3 Å². The first-order chi connectivity index (χ1) is 52.8. The monoisotopic (exact) mass is 1580 g/mol. The Morgan fingerprint density at radius 1 is 0.527 bits per heavy atom. The van der Waals surface area contributed by atoms with E-state index in [1.165, 1.54) is 26.8 Å². The molecule has 14 rings (SSSR count). The maximum Gasteiger partial charge on any atom is 0.232 e. The van der Waals surface area contributed by atoms with Crippen molar-refractivity contribution in [1.82, 2.24) is 0 Å². The molecule has 3 aromatic carbocycles. The Hall–Kier alpha value is -6.31. The SMILES string of the molecule is CCCC1(O)C(OC2CCC(O)C(C)O2)C(O)C(OC2CC(O)C(O)C(C)O2)C2Cc3cc4c(OC)c(OC)c(C5=C(OC)C(=O)c6c(O)c7c(c(O)c6C5=O)C(=O)C5(O)C6C7OC5(CCC)C(OC5CCC(OC7CC(O)C(O)(C(C)=O)C(C)O7)C(C)O5)C(O)C6OC5CC(O)C(O)C(C)O5)c(O)c4c(O)c3C(=O)C21O. The van der Waals surface area contributed by atoms with E-state index in [-0.39, 0.29) is 68.7 Å². The van der Waals surface area contributed by atoms with E-state index < -0.39 is 320 Å². The third kappa shape index (κ3) is 11.9. The highest BCUT2D eigenvalue weighted by Gasteiger charge is 2.82. The predicted octanol–water partition coefficient (Wildman–Crippen LogP) is 0.502. The molecule has 6 aliphatic heterocycles. The van der Waals surface area contributed by atoms with Crippen LogP contribution in [0.4, 0.5) is 0 Å². The minimum Gasteiger partial charge on any atom is -0.507 e. The number of aliphatic hydroxyl groups is 12. The first-order valence-corrected chi connectivity index (χ1v) is 38.1. The lowest BCUT2D eigenvalue weighted by Gasteiger charge is -2.60. The summed E-state index contributed by atoms with van der Waals surface area (Å²) in [6, 6.07) is 1.24. The van der Waals surface area contributed by atoms with Crippen LogP contribution in [0.5, 0.6) is 34.5 Å². The van der Waals surface area contributed by atoms with Crippen LogP contribution in [-0.4, -0.2) is 301 Å². The molecule has 31 atom stereocenters. The predicted molar refractivity (Wildman–Crippen MR) is 375 cm³/mol.